The molecule has 0 aliphatic rings. The van der Waals surface area contributed by atoms with Crippen LogP contribution in [0.3, 0.4) is 0 Å². The zero-order chi connectivity index (χ0) is 10.2. The van der Waals surface area contributed by atoms with Crippen LogP contribution in [0.15, 0.2) is 35.7 Å². The number of rotatable bonds is 5. The number of benzene rings is 1. The van der Waals surface area contributed by atoms with Crippen molar-refractivity contribution in [2.45, 2.75) is 26.2 Å². The second-order valence-corrected chi connectivity index (χ2v) is 4.06. The molecule has 0 aliphatic carbocycles. The summed E-state index contributed by atoms with van der Waals surface area (Å²) in [6.45, 7) is 2.24. The first-order valence-electron chi connectivity index (χ1n) is 5.15. The molecular weight excluding hydrogens is 188 g/mol. The molecular formula is C13H18S. The molecule has 0 unspecified atom stereocenters. The van der Waals surface area contributed by atoms with E-state index in [2.05, 4.69) is 48.9 Å². The van der Waals surface area contributed by atoms with Crippen LogP contribution < -0.4 is 0 Å². The molecule has 0 saturated carbocycles. The fraction of sp³-hybridized carbons (Fsp3) is 0.385. The smallest absolute Gasteiger partial charge is 0.0142 e. The summed E-state index contributed by atoms with van der Waals surface area (Å²) in [6, 6.07) is 10.7. The Morgan fingerprint density at radius 1 is 1.29 bits per heavy atom. The Labute approximate surface area is 91.4 Å². The highest BCUT2D eigenvalue weighted by atomic mass is 32.2. The van der Waals surface area contributed by atoms with E-state index in [1.165, 1.54) is 30.4 Å². The molecule has 0 saturated heterocycles. The summed E-state index contributed by atoms with van der Waals surface area (Å²) >= 11 is 1.79. The fourth-order valence-electron chi connectivity index (χ4n) is 1.43. The van der Waals surface area contributed by atoms with Crippen molar-refractivity contribution in [3.8, 4) is 0 Å². The van der Waals surface area contributed by atoms with E-state index < -0.39 is 0 Å². The summed E-state index contributed by atoms with van der Waals surface area (Å²) in [6.07, 6.45) is 5.86. The van der Waals surface area contributed by atoms with Crippen LogP contribution in [0.1, 0.15) is 31.7 Å². The molecule has 0 bridgehead atoms. The molecule has 1 heteroatoms. The van der Waals surface area contributed by atoms with Crippen LogP contribution in [0.4, 0.5) is 0 Å². The van der Waals surface area contributed by atoms with E-state index in [4.69, 9.17) is 0 Å². The highest BCUT2D eigenvalue weighted by molar-refractivity contribution is 8.01. The lowest BCUT2D eigenvalue weighted by atomic mass is 10.0. The minimum atomic E-state index is 1.20. The van der Waals surface area contributed by atoms with Crippen molar-refractivity contribution in [3.63, 3.8) is 0 Å². The standard InChI is InChI=1S/C13H18S/c1-3-4-8-13(11-14-2)12-9-6-5-7-10-12/h5-7,9-11H,3-4,8H2,1-2H3/b13-11-. The average Bonchev–Trinajstić information content (AvgIpc) is 2.25. The Hall–Kier alpha value is -0.690. The van der Waals surface area contributed by atoms with Gasteiger partial charge in [0.05, 0.1) is 0 Å². The van der Waals surface area contributed by atoms with Gasteiger partial charge in [-0.15, -0.1) is 11.8 Å². The number of unbranched alkanes of at least 4 members (excludes halogenated alkanes) is 1. The molecule has 0 nitrogen and oxygen atoms in total. The van der Waals surface area contributed by atoms with Gasteiger partial charge in [0.15, 0.2) is 0 Å². The first-order valence-corrected chi connectivity index (χ1v) is 6.44. The van der Waals surface area contributed by atoms with Crippen molar-refractivity contribution in [1.29, 1.82) is 0 Å². The van der Waals surface area contributed by atoms with Gasteiger partial charge in [0.2, 0.25) is 0 Å². The van der Waals surface area contributed by atoms with Gasteiger partial charge in [0, 0.05) is 0 Å². The Morgan fingerprint density at radius 3 is 2.57 bits per heavy atom. The third-order valence-electron chi connectivity index (χ3n) is 2.20. The summed E-state index contributed by atoms with van der Waals surface area (Å²) < 4.78 is 0. The van der Waals surface area contributed by atoms with Crippen LogP contribution in [0.2, 0.25) is 0 Å². The maximum absolute atomic E-state index is 2.27. The lowest BCUT2D eigenvalue weighted by molar-refractivity contribution is 0.825. The van der Waals surface area contributed by atoms with Gasteiger partial charge in [-0.05, 0) is 35.6 Å². The highest BCUT2D eigenvalue weighted by Gasteiger charge is 1.99. The highest BCUT2D eigenvalue weighted by Crippen LogP contribution is 2.22. The molecule has 0 spiro atoms. The summed E-state index contributed by atoms with van der Waals surface area (Å²) in [5.41, 5.74) is 2.84. The van der Waals surface area contributed by atoms with Crippen LogP contribution in [-0.2, 0) is 0 Å². The number of thioether (sulfide) groups is 1. The van der Waals surface area contributed by atoms with Crippen molar-refractivity contribution < 1.29 is 0 Å². The third kappa shape index (κ3) is 3.59. The van der Waals surface area contributed by atoms with Crippen molar-refractivity contribution >= 4 is 17.3 Å². The van der Waals surface area contributed by atoms with Crippen molar-refractivity contribution in [2.75, 3.05) is 6.26 Å². The first-order chi connectivity index (χ1) is 6.88. The largest absolute Gasteiger partial charge is 0.137 e. The summed E-state index contributed by atoms with van der Waals surface area (Å²) in [5.74, 6) is 0. The molecule has 1 aromatic rings. The van der Waals surface area contributed by atoms with E-state index >= 15 is 0 Å². The predicted molar refractivity (Wildman–Crippen MR) is 67.5 cm³/mol. The van der Waals surface area contributed by atoms with Crippen LogP contribution in [0, 0.1) is 0 Å². The Balaban J connectivity index is 2.73. The van der Waals surface area contributed by atoms with Gasteiger partial charge in [0.25, 0.3) is 0 Å². The minimum Gasteiger partial charge on any atom is -0.137 e. The molecule has 0 aliphatic heterocycles. The van der Waals surface area contributed by atoms with Crippen LogP contribution in [0.5, 0.6) is 0 Å². The first kappa shape index (κ1) is 11.4. The SMILES string of the molecule is CCCC/C(=C/SC)c1ccccc1. The third-order valence-corrected chi connectivity index (χ3v) is 2.72. The monoisotopic (exact) mass is 206 g/mol. The van der Waals surface area contributed by atoms with Crippen molar-refractivity contribution in [3.05, 3.63) is 41.3 Å². The van der Waals surface area contributed by atoms with E-state index in [1.54, 1.807) is 11.8 Å². The van der Waals surface area contributed by atoms with Gasteiger partial charge in [-0.1, -0.05) is 43.7 Å². The Kier molecular flexibility index (Phi) is 5.46. The number of hydrogen-bond acceptors (Lipinski definition) is 1. The fourth-order valence-corrected chi connectivity index (χ4v) is 1.97. The van der Waals surface area contributed by atoms with E-state index in [1.807, 2.05) is 0 Å². The normalized spacial score (nSPS) is 11.7. The molecule has 1 aromatic carbocycles. The summed E-state index contributed by atoms with van der Waals surface area (Å²) in [4.78, 5) is 0. The molecule has 0 atom stereocenters. The minimum absolute atomic E-state index is 1.20. The zero-order valence-electron chi connectivity index (χ0n) is 8.99. The topological polar surface area (TPSA) is 0 Å². The van der Waals surface area contributed by atoms with Gasteiger partial charge in [-0.25, -0.2) is 0 Å². The van der Waals surface area contributed by atoms with Gasteiger partial charge in [-0.3, -0.25) is 0 Å². The van der Waals surface area contributed by atoms with Crippen LogP contribution in [0.25, 0.3) is 5.57 Å². The average molecular weight is 206 g/mol. The summed E-state index contributed by atoms with van der Waals surface area (Å²) in [7, 11) is 0. The molecule has 0 N–H and O–H groups in total. The Morgan fingerprint density at radius 2 is 2.00 bits per heavy atom. The maximum Gasteiger partial charge on any atom is -0.0142 e. The van der Waals surface area contributed by atoms with Crippen molar-refractivity contribution in [2.24, 2.45) is 0 Å². The van der Waals surface area contributed by atoms with Crippen LogP contribution >= 0.6 is 11.8 Å². The second kappa shape index (κ2) is 6.72. The molecule has 0 aromatic heterocycles. The Bertz CT molecular complexity index is 275. The summed E-state index contributed by atoms with van der Waals surface area (Å²) in [5, 5.41) is 2.27. The molecule has 0 heterocycles. The van der Waals surface area contributed by atoms with Crippen molar-refractivity contribution in [1.82, 2.24) is 0 Å². The molecule has 0 radical (unpaired) electrons. The predicted octanol–water partition coefficient (Wildman–Crippen LogP) is 4.58. The molecule has 0 amide bonds. The zero-order valence-corrected chi connectivity index (χ0v) is 9.81. The molecule has 76 valence electrons. The number of hydrogen-bond donors (Lipinski definition) is 0. The van der Waals surface area contributed by atoms with E-state index in [0.29, 0.717) is 0 Å². The second-order valence-electron chi connectivity index (χ2n) is 3.35. The van der Waals surface area contributed by atoms with E-state index in [0.717, 1.165) is 0 Å². The molecule has 0 fully saturated rings. The quantitative estimate of drug-likeness (QED) is 0.679. The lowest BCUT2D eigenvalue weighted by Gasteiger charge is -2.06. The van der Waals surface area contributed by atoms with Gasteiger partial charge in [0.1, 0.15) is 0 Å². The molecule has 14 heavy (non-hydrogen) atoms. The van der Waals surface area contributed by atoms with E-state index in [9.17, 15) is 0 Å². The lowest BCUT2D eigenvalue weighted by Crippen LogP contribution is -1.83. The van der Waals surface area contributed by atoms with Gasteiger partial charge < -0.3 is 0 Å². The van der Waals surface area contributed by atoms with Crippen LogP contribution in [-0.4, -0.2) is 6.26 Å². The van der Waals surface area contributed by atoms with Gasteiger partial charge in [-0.2, -0.15) is 0 Å². The number of allylic oxidation sites excluding steroid dienone is 1. The van der Waals surface area contributed by atoms with E-state index in [-0.39, 0.29) is 0 Å². The van der Waals surface area contributed by atoms with Gasteiger partial charge >= 0.3 is 0 Å². The molecule has 1 rings (SSSR count). The maximum atomic E-state index is 2.27.